The van der Waals surface area contributed by atoms with E-state index in [0.29, 0.717) is 5.82 Å². The minimum absolute atomic E-state index is 0.0668. The van der Waals surface area contributed by atoms with E-state index in [-0.39, 0.29) is 5.78 Å². The van der Waals surface area contributed by atoms with Gasteiger partial charge in [0, 0.05) is 18.9 Å². The standard InChI is InChI=1S/C16H20N2O/c1-4-11-18-12-10-17-15(18)14(19)16(2,3)13-8-6-5-7-9-13/h5-10,12H,4,11H2,1-3H3. The van der Waals surface area contributed by atoms with E-state index in [4.69, 9.17) is 0 Å². The van der Waals surface area contributed by atoms with E-state index in [0.717, 1.165) is 18.5 Å². The van der Waals surface area contributed by atoms with Crippen LogP contribution in [0.4, 0.5) is 0 Å². The number of hydrogen-bond acceptors (Lipinski definition) is 2. The Morgan fingerprint density at radius 2 is 1.95 bits per heavy atom. The van der Waals surface area contributed by atoms with Gasteiger partial charge in [-0.3, -0.25) is 4.79 Å². The predicted octanol–water partition coefficient (Wildman–Crippen LogP) is 3.45. The van der Waals surface area contributed by atoms with E-state index in [1.54, 1.807) is 6.20 Å². The normalized spacial score (nSPS) is 11.5. The third-order valence-corrected chi connectivity index (χ3v) is 3.45. The second kappa shape index (κ2) is 5.39. The van der Waals surface area contributed by atoms with E-state index < -0.39 is 5.41 Å². The highest BCUT2D eigenvalue weighted by Gasteiger charge is 2.33. The summed E-state index contributed by atoms with van der Waals surface area (Å²) in [5.74, 6) is 0.618. The summed E-state index contributed by atoms with van der Waals surface area (Å²) in [4.78, 5) is 17.0. The number of aryl methyl sites for hydroxylation is 1. The molecule has 0 aliphatic heterocycles. The molecule has 0 bridgehead atoms. The lowest BCUT2D eigenvalue weighted by atomic mass is 9.80. The molecule has 3 nitrogen and oxygen atoms in total. The maximum Gasteiger partial charge on any atom is 0.208 e. The van der Waals surface area contributed by atoms with Crippen LogP contribution in [0.5, 0.6) is 0 Å². The van der Waals surface area contributed by atoms with Crippen molar-refractivity contribution in [2.75, 3.05) is 0 Å². The van der Waals surface area contributed by atoms with Crippen molar-refractivity contribution in [2.45, 2.75) is 39.2 Å². The van der Waals surface area contributed by atoms with Gasteiger partial charge < -0.3 is 4.57 Å². The van der Waals surface area contributed by atoms with E-state index in [1.165, 1.54) is 0 Å². The van der Waals surface area contributed by atoms with Crippen LogP contribution in [0.15, 0.2) is 42.7 Å². The van der Waals surface area contributed by atoms with Crippen molar-refractivity contribution in [3.8, 4) is 0 Å². The molecule has 1 aromatic heterocycles. The third kappa shape index (κ3) is 2.60. The van der Waals surface area contributed by atoms with Crippen LogP contribution >= 0.6 is 0 Å². The van der Waals surface area contributed by atoms with Crippen molar-refractivity contribution in [3.63, 3.8) is 0 Å². The maximum absolute atomic E-state index is 12.7. The fourth-order valence-electron chi connectivity index (χ4n) is 2.20. The zero-order chi connectivity index (χ0) is 13.9. The second-order valence-electron chi connectivity index (χ2n) is 5.26. The Labute approximate surface area is 114 Å². The highest BCUT2D eigenvalue weighted by Crippen LogP contribution is 2.27. The van der Waals surface area contributed by atoms with Crippen LogP contribution in [-0.4, -0.2) is 15.3 Å². The molecule has 100 valence electrons. The van der Waals surface area contributed by atoms with Crippen molar-refractivity contribution in [1.29, 1.82) is 0 Å². The Hall–Kier alpha value is -1.90. The Kier molecular flexibility index (Phi) is 3.84. The zero-order valence-electron chi connectivity index (χ0n) is 11.8. The van der Waals surface area contributed by atoms with Crippen LogP contribution in [-0.2, 0) is 12.0 Å². The fourth-order valence-corrected chi connectivity index (χ4v) is 2.20. The van der Waals surface area contributed by atoms with Crippen LogP contribution in [0, 0.1) is 0 Å². The van der Waals surface area contributed by atoms with Gasteiger partial charge in [0.15, 0.2) is 5.82 Å². The summed E-state index contributed by atoms with van der Waals surface area (Å²) < 4.78 is 1.94. The number of nitrogens with zero attached hydrogens (tertiary/aromatic N) is 2. The minimum atomic E-state index is -0.557. The number of ketones is 1. The molecule has 0 aliphatic carbocycles. The highest BCUT2D eigenvalue weighted by molar-refractivity contribution is 6.01. The molecule has 2 aromatic rings. The summed E-state index contributed by atoms with van der Waals surface area (Å²) in [6.45, 7) is 6.83. The number of benzene rings is 1. The fraction of sp³-hybridized carbons (Fsp3) is 0.375. The first-order valence-electron chi connectivity index (χ1n) is 6.69. The third-order valence-electron chi connectivity index (χ3n) is 3.45. The number of hydrogen-bond donors (Lipinski definition) is 0. The molecule has 0 N–H and O–H groups in total. The number of carbonyl (C=O) groups excluding carboxylic acids is 1. The predicted molar refractivity (Wildman–Crippen MR) is 76.3 cm³/mol. The number of carbonyl (C=O) groups is 1. The molecule has 1 aromatic carbocycles. The van der Waals surface area contributed by atoms with Gasteiger partial charge in [-0.25, -0.2) is 4.98 Å². The van der Waals surface area contributed by atoms with Gasteiger partial charge in [-0.05, 0) is 25.8 Å². The van der Waals surface area contributed by atoms with Crippen molar-refractivity contribution in [2.24, 2.45) is 0 Å². The van der Waals surface area contributed by atoms with Crippen molar-refractivity contribution >= 4 is 5.78 Å². The van der Waals surface area contributed by atoms with E-state index >= 15 is 0 Å². The molecule has 0 unspecified atom stereocenters. The van der Waals surface area contributed by atoms with Gasteiger partial charge in [-0.2, -0.15) is 0 Å². The zero-order valence-corrected chi connectivity index (χ0v) is 11.8. The Morgan fingerprint density at radius 1 is 1.26 bits per heavy atom. The molecule has 0 saturated carbocycles. The number of Topliss-reactive ketones (excluding diaryl/α,β-unsaturated/α-hetero) is 1. The van der Waals surface area contributed by atoms with Gasteiger partial charge in [0.25, 0.3) is 0 Å². The molecular formula is C16H20N2O. The summed E-state index contributed by atoms with van der Waals surface area (Å²) in [6, 6.07) is 9.86. The Balaban J connectivity index is 2.35. The summed E-state index contributed by atoms with van der Waals surface area (Å²) in [6.07, 6.45) is 4.56. The first kappa shape index (κ1) is 13.5. The monoisotopic (exact) mass is 256 g/mol. The van der Waals surface area contributed by atoms with Crippen LogP contribution in [0.3, 0.4) is 0 Å². The number of aromatic nitrogens is 2. The quantitative estimate of drug-likeness (QED) is 0.768. The molecule has 0 fully saturated rings. The summed E-state index contributed by atoms with van der Waals surface area (Å²) in [7, 11) is 0. The van der Waals surface area contributed by atoms with Crippen LogP contribution in [0.25, 0.3) is 0 Å². The molecule has 0 aliphatic rings. The Morgan fingerprint density at radius 3 is 2.58 bits per heavy atom. The van der Waals surface area contributed by atoms with E-state index in [1.807, 2.05) is 54.9 Å². The SMILES string of the molecule is CCCn1ccnc1C(=O)C(C)(C)c1ccccc1. The molecule has 0 amide bonds. The second-order valence-corrected chi connectivity index (χ2v) is 5.26. The average molecular weight is 256 g/mol. The lowest BCUT2D eigenvalue weighted by Crippen LogP contribution is -2.31. The highest BCUT2D eigenvalue weighted by atomic mass is 16.1. The molecule has 0 radical (unpaired) electrons. The lowest BCUT2D eigenvalue weighted by Gasteiger charge is -2.23. The minimum Gasteiger partial charge on any atom is -0.329 e. The van der Waals surface area contributed by atoms with Crippen molar-refractivity contribution < 1.29 is 4.79 Å². The summed E-state index contributed by atoms with van der Waals surface area (Å²) in [5.41, 5.74) is 0.462. The van der Waals surface area contributed by atoms with Crippen LogP contribution < -0.4 is 0 Å². The van der Waals surface area contributed by atoms with E-state index in [9.17, 15) is 4.79 Å². The lowest BCUT2D eigenvalue weighted by molar-refractivity contribution is 0.0893. The number of rotatable bonds is 5. The van der Waals surface area contributed by atoms with Gasteiger partial charge in [0.05, 0.1) is 5.41 Å². The molecule has 1 heterocycles. The van der Waals surface area contributed by atoms with Gasteiger partial charge in [-0.15, -0.1) is 0 Å². The van der Waals surface area contributed by atoms with Gasteiger partial charge in [-0.1, -0.05) is 37.3 Å². The topological polar surface area (TPSA) is 34.9 Å². The average Bonchev–Trinajstić information content (AvgIpc) is 2.87. The van der Waals surface area contributed by atoms with Crippen LogP contribution in [0.2, 0.25) is 0 Å². The van der Waals surface area contributed by atoms with Crippen molar-refractivity contribution in [1.82, 2.24) is 9.55 Å². The first-order valence-corrected chi connectivity index (χ1v) is 6.69. The Bertz CT molecular complexity index is 555. The van der Waals surface area contributed by atoms with Gasteiger partial charge in [0.1, 0.15) is 0 Å². The molecule has 0 spiro atoms. The number of imidazole rings is 1. The molecule has 0 saturated heterocycles. The molecular weight excluding hydrogens is 236 g/mol. The van der Waals surface area contributed by atoms with Crippen molar-refractivity contribution in [3.05, 3.63) is 54.1 Å². The molecule has 19 heavy (non-hydrogen) atoms. The van der Waals surface area contributed by atoms with Gasteiger partial charge in [0.2, 0.25) is 5.78 Å². The summed E-state index contributed by atoms with van der Waals surface area (Å²) in [5, 5.41) is 0. The molecule has 2 rings (SSSR count). The summed E-state index contributed by atoms with van der Waals surface area (Å²) >= 11 is 0. The van der Waals surface area contributed by atoms with Crippen LogP contribution in [0.1, 0.15) is 43.4 Å². The molecule has 0 atom stereocenters. The maximum atomic E-state index is 12.7. The first-order chi connectivity index (χ1) is 9.07. The smallest absolute Gasteiger partial charge is 0.208 e. The largest absolute Gasteiger partial charge is 0.329 e. The molecule has 3 heteroatoms. The van der Waals surface area contributed by atoms with Gasteiger partial charge >= 0.3 is 0 Å². The van der Waals surface area contributed by atoms with E-state index in [2.05, 4.69) is 11.9 Å².